The van der Waals surface area contributed by atoms with Gasteiger partial charge < -0.3 is 14.8 Å². The van der Waals surface area contributed by atoms with Crippen LogP contribution in [0, 0.1) is 5.82 Å². The van der Waals surface area contributed by atoms with Crippen LogP contribution in [-0.4, -0.2) is 36.9 Å². The van der Waals surface area contributed by atoms with E-state index in [9.17, 15) is 23.6 Å². The number of esters is 1. The van der Waals surface area contributed by atoms with E-state index in [4.69, 9.17) is 4.74 Å². The standard InChI is InChI=1S/C19H17FN2O6/c1-12(23)13-6-8-14(9-7-13)27-11-18(25)28-10-17(24)22-19(26)21-16-5-3-2-4-15(16)20/h2-9H,10-11H2,1H3,(H2,21,22,24,26). The van der Waals surface area contributed by atoms with Crippen LogP contribution in [0.4, 0.5) is 14.9 Å². The monoisotopic (exact) mass is 388 g/mol. The summed E-state index contributed by atoms with van der Waals surface area (Å²) in [6, 6.07) is 10.6. The van der Waals surface area contributed by atoms with E-state index in [2.05, 4.69) is 10.1 Å². The van der Waals surface area contributed by atoms with Gasteiger partial charge in [0.05, 0.1) is 5.69 Å². The Labute approximate surface area is 159 Å². The van der Waals surface area contributed by atoms with E-state index in [-0.39, 0.29) is 11.5 Å². The molecule has 0 aliphatic carbocycles. The quantitative estimate of drug-likeness (QED) is 0.556. The van der Waals surface area contributed by atoms with E-state index >= 15 is 0 Å². The number of urea groups is 1. The second kappa shape index (κ2) is 9.81. The number of hydrogen-bond donors (Lipinski definition) is 2. The molecule has 9 heteroatoms. The molecule has 146 valence electrons. The molecule has 0 heterocycles. The summed E-state index contributed by atoms with van der Waals surface area (Å²) in [5.74, 6) is -2.15. The number of ketones is 1. The molecule has 0 aliphatic rings. The minimum atomic E-state index is -0.965. The normalized spacial score (nSPS) is 9.93. The lowest BCUT2D eigenvalue weighted by Gasteiger charge is -2.09. The van der Waals surface area contributed by atoms with Crippen molar-refractivity contribution in [3.8, 4) is 5.75 Å². The highest BCUT2D eigenvalue weighted by Gasteiger charge is 2.13. The summed E-state index contributed by atoms with van der Waals surface area (Å²) in [6.07, 6.45) is 0. The molecule has 2 aromatic rings. The van der Waals surface area contributed by atoms with Crippen LogP contribution in [0.5, 0.6) is 5.75 Å². The first kappa shape index (κ1) is 20.6. The fourth-order valence-corrected chi connectivity index (χ4v) is 1.99. The van der Waals surface area contributed by atoms with Gasteiger partial charge in [-0.3, -0.25) is 14.9 Å². The fourth-order valence-electron chi connectivity index (χ4n) is 1.99. The Morgan fingerprint density at radius 1 is 0.964 bits per heavy atom. The van der Waals surface area contributed by atoms with Crippen molar-refractivity contribution in [1.29, 1.82) is 0 Å². The zero-order valence-electron chi connectivity index (χ0n) is 14.9. The van der Waals surface area contributed by atoms with Crippen LogP contribution in [0.3, 0.4) is 0 Å². The molecule has 0 unspecified atom stereocenters. The third kappa shape index (κ3) is 6.52. The van der Waals surface area contributed by atoms with Crippen molar-refractivity contribution in [2.24, 2.45) is 0 Å². The fraction of sp³-hybridized carbons (Fsp3) is 0.158. The maximum atomic E-state index is 13.4. The molecule has 0 spiro atoms. The summed E-state index contributed by atoms with van der Waals surface area (Å²) in [7, 11) is 0. The zero-order chi connectivity index (χ0) is 20.5. The number of anilines is 1. The molecule has 0 radical (unpaired) electrons. The first-order chi connectivity index (χ1) is 13.3. The second-order valence-electron chi connectivity index (χ2n) is 5.51. The number of amides is 3. The molecule has 2 rings (SSSR count). The molecule has 28 heavy (non-hydrogen) atoms. The molecule has 0 aromatic heterocycles. The number of Topliss-reactive ketones (excluding diaryl/α,β-unsaturated/α-hetero) is 1. The minimum absolute atomic E-state index is 0.101. The third-order valence-electron chi connectivity index (χ3n) is 3.36. The highest BCUT2D eigenvalue weighted by Crippen LogP contribution is 2.13. The summed E-state index contributed by atoms with van der Waals surface area (Å²) < 4.78 is 23.2. The van der Waals surface area contributed by atoms with Crippen LogP contribution in [0.2, 0.25) is 0 Å². The van der Waals surface area contributed by atoms with Crippen LogP contribution >= 0.6 is 0 Å². The van der Waals surface area contributed by atoms with E-state index in [0.29, 0.717) is 11.3 Å². The summed E-state index contributed by atoms with van der Waals surface area (Å²) in [4.78, 5) is 46.0. The molecule has 3 amide bonds. The first-order valence-electron chi connectivity index (χ1n) is 8.10. The van der Waals surface area contributed by atoms with Crippen LogP contribution in [0.1, 0.15) is 17.3 Å². The van der Waals surface area contributed by atoms with Crippen molar-refractivity contribution in [2.45, 2.75) is 6.92 Å². The number of hydrogen-bond acceptors (Lipinski definition) is 6. The number of carbonyl (C=O) groups is 4. The van der Waals surface area contributed by atoms with Crippen molar-refractivity contribution < 1.29 is 33.0 Å². The van der Waals surface area contributed by atoms with E-state index in [1.165, 1.54) is 37.3 Å². The van der Waals surface area contributed by atoms with Gasteiger partial charge in [0.2, 0.25) is 0 Å². The molecule has 2 N–H and O–H groups in total. The van der Waals surface area contributed by atoms with Gasteiger partial charge >= 0.3 is 12.0 Å². The number of para-hydroxylation sites is 1. The minimum Gasteiger partial charge on any atom is -0.482 e. The van der Waals surface area contributed by atoms with Crippen molar-refractivity contribution in [2.75, 3.05) is 18.5 Å². The van der Waals surface area contributed by atoms with Gasteiger partial charge in [-0.15, -0.1) is 0 Å². The maximum absolute atomic E-state index is 13.4. The van der Waals surface area contributed by atoms with Gasteiger partial charge in [0, 0.05) is 5.56 Å². The van der Waals surface area contributed by atoms with Crippen molar-refractivity contribution in [3.05, 3.63) is 59.9 Å². The van der Waals surface area contributed by atoms with Crippen LogP contribution in [0.25, 0.3) is 0 Å². The number of carbonyl (C=O) groups excluding carboxylic acids is 4. The molecular weight excluding hydrogens is 371 g/mol. The highest BCUT2D eigenvalue weighted by molar-refractivity contribution is 6.01. The van der Waals surface area contributed by atoms with Crippen LogP contribution < -0.4 is 15.4 Å². The summed E-state index contributed by atoms with van der Waals surface area (Å²) in [5.41, 5.74) is 0.397. The Balaban J connectivity index is 1.70. The average Bonchev–Trinajstić information content (AvgIpc) is 2.66. The van der Waals surface area contributed by atoms with Gasteiger partial charge in [-0.25, -0.2) is 14.0 Å². The average molecular weight is 388 g/mol. The number of imide groups is 1. The molecule has 2 aromatic carbocycles. The van der Waals surface area contributed by atoms with Gasteiger partial charge in [-0.05, 0) is 43.3 Å². The SMILES string of the molecule is CC(=O)c1ccc(OCC(=O)OCC(=O)NC(=O)Nc2ccccc2F)cc1. The van der Waals surface area contributed by atoms with Crippen molar-refractivity contribution in [1.82, 2.24) is 5.32 Å². The van der Waals surface area contributed by atoms with Gasteiger partial charge in [0.15, 0.2) is 19.0 Å². The highest BCUT2D eigenvalue weighted by atomic mass is 19.1. The van der Waals surface area contributed by atoms with Crippen LogP contribution in [0.15, 0.2) is 48.5 Å². The van der Waals surface area contributed by atoms with E-state index < -0.39 is 36.9 Å². The maximum Gasteiger partial charge on any atom is 0.344 e. The smallest absolute Gasteiger partial charge is 0.344 e. The lowest BCUT2D eigenvalue weighted by molar-refractivity contribution is -0.150. The molecule has 0 saturated carbocycles. The van der Waals surface area contributed by atoms with Gasteiger partial charge in [-0.1, -0.05) is 12.1 Å². The molecule has 0 aliphatic heterocycles. The van der Waals surface area contributed by atoms with E-state index in [0.717, 1.165) is 6.07 Å². The third-order valence-corrected chi connectivity index (χ3v) is 3.36. The molecule has 0 fully saturated rings. The summed E-state index contributed by atoms with van der Waals surface area (Å²) in [5, 5.41) is 4.05. The number of ether oxygens (including phenoxy) is 2. The largest absolute Gasteiger partial charge is 0.482 e. The Bertz CT molecular complexity index is 882. The van der Waals surface area contributed by atoms with Crippen molar-refractivity contribution in [3.63, 3.8) is 0 Å². The Hall–Kier alpha value is -3.75. The Morgan fingerprint density at radius 2 is 1.64 bits per heavy atom. The van der Waals surface area contributed by atoms with Crippen molar-refractivity contribution >= 4 is 29.4 Å². The lowest BCUT2D eigenvalue weighted by atomic mass is 10.1. The Kier molecular flexibility index (Phi) is 7.21. The number of halogens is 1. The van der Waals surface area contributed by atoms with Gasteiger partial charge in [0.25, 0.3) is 5.91 Å². The van der Waals surface area contributed by atoms with Gasteiger partial charge in [0.1, 0.15) is 11.6 Å². The second-order valence-corrected chi connectivity index (χ2v) is 5.51. The number of benzene rings is 2. The first-order valence-corrected chi connectivity index (χ1v) is 8.10. The molecule has 0 bridgehead atoms. The predicted molar refractivity (Wildman–Crippen MR) is 96.5 cm³/mol. The zero-order valence-corrected chi connectivity index (χ0v) is 14.9. The summed E-state index contributed by atoms with van der Waals surface area (Å²) >= 11 is 0. The number of nitrogens with one attached hydrogen (secondary N) is 2. The van der Waals surface area contributed by atoms with E-state index in [1.807, 2.05) is 5.32 Å². The predicted octanol–water partition coefficient (Wildman–Crippen LogP) is 2.30. The van der Waals surface area contributed by atoms with E-state index in [1.54, 1.807) is 12.1 Å². The number of rotatable bonds is 7. The topological polar surface area (TPSA) is 111 Å². The molecular formula is C19H17FN2O6. The molecule has 0 saturated heterocycles. The van der Waals surface area contributed by atoms with Gasteiger partial charge in [-0.2, -0.15) is 0 Å². The molecule has 8 nitrogen and oxygen atoms in total. The molecule has 0 atom stereocenters. The Morgan fingerprint density at radius 3 is 2.29 bits per heavy atom. The summed E-state index contributed by atoms with van der Waals surface area (Å²) in [6.45, 7) is 0.249. The van der Waals surface area contributed by atoms with Crippen LogP contribution in [-0.2, 0) is 14.3 Å². The lowest BCUT2D eigenvalue weighted by Crippen LogP contribution is -2.37.